The molecule has 5 aromatic carbocycles. The maximum Gasteiger partial charge on any atom is 0.145 e. The van der Waals surface area contributed by atoms with Gasteiger partial charge in [-0.1, -0.05) is 103 Å². The van der Waals surface area contributed by atoms with E-state index in [1.165, 1.54) is 43.8 Å². The van der Waals surface area contributed by atoms with Gasteiger partial charge in [0.25, 0.3) is 0 Å². The van der Waals surface area contributed by atoms with Gasteiger partial charge in [0.2, 0.25) is 0 Å². The summed E-state index contributed by atoms with van der Waals surface area (Å²) in [6.07, 6.45) is 7.87. The lowest BCUT2D eigenvalue weighted by Gasteiger charge is -2.39. The van der Waals surface area contributed by atoms with Crippen molar-refractivity contribution < 1.29 is 5.11 Å². The van der Waals surface area contributed by atoms with Crippen molar-refractivity contribution >= 4 is 49.2 Å². The Kier molecular flexibility index (Phi) is 5.10. The van der Waals surface area contributed by atoms with Crippen LogP contribution in [-0.4, -0.2) is 14.2 Å². The number of hydrogen-bond donors (Lipinski definition) is 1. The Balaban J connectivity index is 1.51. The quantitative estimate of drug-likeness (QED) is 0.249. The standard InChI is InChI=1S/C37H28N2O/c40-25-26-18-19-36-32(24-26)31-14-6-9-17-35(31)39(36)37(22-20-28(21-23-37)27-10-2-1-3-11-27)38-33-15-7-4-12-29(33)30-13-5-8-16-34(30)38/h1-22,24,40H,23,25H2. The number of nitrogens with zero attached hydrogens (tertiary/aromatic N) is 2. The van der Waals surface area contributed by atoms with Gasteiger partial charge in [0.1, 0.15) is 5.66 Å². The summed E-state index contributed by atoms with van der Waals surface area (Å²) in [4.78, 5) is 0. The first-order chi connectivity index (χ1) is 19.8. The Labute approximate surface area is 232 Å². The number of hydrogen-bond acceptors (Lipinski definition) is 1. The third-order valence-corrected chi connectivity index (χ3v) is 8.53. The van der Waals surface area contributed by atoms with Crippen LogP contribution in [0.4, 0.5) is 0 Å². The van der Waals surface area contributed by atoms with Crippen molar-refractivity contribution in [2.24, 2.45) is 0 Å². The van der Waals surface area contributed by atoms with Crippen LogP contribution in [0.15, 0.2) is 140 Å². The number of benzene rings is 5. The van der Waals surface area contributed by atoms with E-state index < -0.39 is 5.66 Å². The van der Waals surface area contributed by atoms with Gasteiger partial charge < -0.3 is 14.2 Å². The van der Waals surface area contributed by atoms with E-state index >= 15 is 0 Å². The summed E-state index contributed by atoms with van der Waals surface area (Å²) in [7, 11) is 0. The fourth-order valence-electron chi connectivity index (χ4n) is 6.77. The minimum Gasteiger partial charge on any atom is -0.392 e. The molecule has 1 aliphatic rings. The van der Waals surface area contributed by atoms with Gasteiger partial charge in [-0.3, -0.25) is 0 Å². The Morgan fingerprint density at radius 3 is 1.65 bits per heavy atom. The van der Waals surface area contributed by atoms with Crippen LogP contribution in [0, 0.1) is 0 Å². The van der Waals surface area contributed by atoms with Gasteiger partial charge in [-0.05, 0) is 53.1 Å². The molecule has 1 unspecified atom stereocenters. The zero-order valence-electron chi connectivity index (χ0n) is 22.0. The average Bonchev–Trinajstić information content (AvgIpc) is 3.55. The van der Waals surface area contributed by atoms with Crippen LogP contribution in [0.5, 0.6) is 0 Å². The maximum absolute atomic E-state index is 9.97. The maximum atomic E-state index is 9.97. The zero-order valence-corrected chi connectivity index (χ0v) is 22.0. The van der Waals surface area contributed by atoms with Crippen molar-refractivity contribution in [2.75, 3.05) is 0 Å². The van der Waals surface area contributed by atoms with Crippen LogP contribution in [0.2, 0.25) is 0 Å². The molecule has 8 rings (SSSR count). The van der Waals surface area contributed by atoms with Crippen molar-refractivity contribution in [3.8, 4) is 0 Å². The Hall–Kier alpha value is -4.86. The molecule has 0 aliphatic heterocycles. The molecule has 1 N–H and O–H groups in total. The highest BCUT2D eigenvalue weighted by atomic mass is 16.3. The van der Waals surface area contributed by atoms with Crippen LogP contribution in [0.25, 0.3) is 49.2 Å². The molecule has 0 saturated carbocycles. The lowest BCUT2D eigenvalue weighted by atomic mass is 9.91. The predicted molar refractivity (Wildman–Crippen MR) is 166 cm³/mol. The molecule has 192 valence electrons. The lowest BCUT2D eigenvalue weighted by molar-refractivity contribution is 0.282. The van der Waals surface area contributed by atoms with Crippen LogP contribution in [0.1, 0.15) is 17.5 Å². The molecule has 1 atom stereocenters. The van der Waals surface area contributed by atoms with Gasteiger partial charge in [-0.25, -0.2) is 0 Å². The van der Waals surface area contributed by atoms with Crippen molar-refractivity contribution in [3.05, 3.63) is 151 Å². The molecule has 2 aromatic heterocycles. The molecular weight excluding hydrogens is 488 g/mol. The second kappa shape index (κ2) is 8.84. The summed E-state index contributed by atoms with van der Waals surface area (Å²) in [5, 5.41) is 14.8. The molecule has 3 heteroatoms. The summed E-state index contributed by atoms with van der Waals surface area (Å²) < 4.78 is 5.06. The zero-order chi connectivity index (χ0) is 26.7. The molecule has 0 bridgehead atoms. The van der Waals surface area contributed by atoms with Crippen LogP contribution in [0.3, 0.4) is 0 Å². The summed E-state index contributed by atoms with van der Waals surface area (Å²) in [5.41, 5.74) is 7.60. The number of aliphatic hydroxyl groups excluding tert-OH is 1. The van der Waals surface area contributed by atoms with Gasteiger partial charge in [0, 0.05) is 28.0 Å². The molecule has 7 aromatic rings. The molecule has 0 saturated heterocycles. The monoisotopic (exact) mass is 516 g/mol. The third-order valence-electron chi connectivity index (χ3n) is 8.53. The first-order valence-electron chi connectivity index (χ1n) is 13.9. The normalized spacial score (nSPS) is 17.3. The van der Waals surface area contributed by atoms with E-state index in [1.54, 1.807) is 0 Å². The molecule has 40 heavy (non-hydrogen) atoms. The molecule has 0 amide bonds. The summed E-state index contributed by atoms with van der Waals surface area (Å²) in [6.45, 7) is 0.0243. The van der Waals surface area contributed by atoms with Gasteiger partial charge in [-0.15, -0.1) is 0 Å². The first-order valence-corrected chi connectivity index (χ1v) is 13.9. The lowest BCUT2D eigenvalue weighted by Crippen LogP contribution is -2.39. The minimum absolute atomic E-state index is 0.0243. The third kappa shape index (κ3) is 3.22. The first kappa shape index (κ1) is 23.1. The van der Waals surface area contributed by atoms with Crippen LogP contribution >= 0.6 is 0 Å². The van der Waals surface area contributed by atoms with Crippen molar-refractivity contribution in [3.63, 3.8) is 0 Å². The molecule has 0 fully saturated rings. The number of aromatic nitrogens is 2. The number of para-hydroxylation sites is 3. The van der Waals surface area contributed by atoms with Crippen molar-refractivity contribution in [1.82, 2.24) is 9.13 Å². The molecule has 3 nitrogen and oxygen atoms in total. The number of aliphatic hydroxyl groups is 1. The van der Waals surface area contributed by atoms with E-state index in [1.807, 2.05) is 0 Å². The molecule has 0 spiro atoms. The summed E-state index contributed by atoms with van der Waals surface area (Å²) >= 11 is 0. The number of allylic oxidation sites excluding steroid dienone is 4. The Bertz CT molecular complexity index is 2070. The van der Waals surface area contributed by atoms with Crippen LogP contribution < -0.4 is 0 Å². The second-order valence-electron chi connectivity index (χ2n) is 10.7. The second-order valence-corrected chi connectivity index (χ2v) is 10.7. The molecular formula is C37H28N2O. The minimum atomic E-state index is -0.539. The van der Waals surface area contributed by atoms with Crippen LogP contribution in [-0.2, 0) is 12.3 Å². The molecule has 0 radical (unpaired) electrons. The fraction of sp³-hybridized carbons (Fsp3) is 0.0811. The van der Waals surface area contributed by atoms with Crippen molar-refractivity contribution in [2.45, 2.75) is 18.7 Å². The highest BCUT2D eigenvalue weighted by Crippen LogP contribution is 2.45. The van der Waals surface area contributed by atoms with Crippen molar-refractivity contribution in [1.29, 1.82) is 0 Å². The molecule has 2 heterocycles. The van der Waals surface area contributed by atoms with Gasteiger partial charge in [0.05, 0.1) is 28.7 Å². The predicted octanol–water partition coefficient (Wildman–Crippen LogP) is 8.64. The van der Waals surface area contributed by atoms with Gasteiger partial charge in [-0.2, -0.15) is 0 Å². The average molecular weight is 517 g/mol. The van der Waals surface area contributed by atoms with E-state index in [0.717, 1.165) is 22.9 Å². The Morgan fingerprint density at radius 2 is 1.10 bits per heavy atom. The van der Waals surface area contributed by atoms with Gasteiger partial charge >= 0.3 is 0 Å². The smallest absolute Gasteiger partial charge is 0.145 e. The number of fused-ring (bicyclic) bond motifs is 6. The SMILES string of the molecule is OCc1ccc2c(c1)c1ccccc1n2C1(n2c3ccccc3c3ccccc32)C=CC(c2ccccc2)=CC1. The van der Waals surface area contributed by atoms with E-state index in [2.05, 4.69) is 149 Å². The summed E-state index contributed by atoms with van der Waals surface area (Å²) in [6, 6.07) is 43.2. The van der Waals surface area contributed by atoms with E-state index in [0.29, 0.717) is 0 Å². The van der Waals surface area contributed by atoms with E-state index in [4.69, 9.17) is 0 Å². The number of rotatable bonds is 4. The van der Waals surface area contributed by atoms with E-state index in [-0.39, 0.29) is 6.61 Å². The topological polar surface area (TPSA) is 30.1 Å². The van der Waals surface area contributed by atoms with E-state index in [9.17, 15) is 5.11 Å². The Morgan fingerprint density at radius 1 is 0.575 bits per heavy atom. The fourth-order valence-corrected chi connectivity index (χ4v) is 6.77. The largest absolute Gasteiger partial charge is 0.392 e. The molecule has 1 aliphatic carbocycles. The summed E-state index contributed by atoms with van der Waals surface area (Å²) in [5.74, 6) is 0. The highest BCUT2D eigenvalue weighted by molar-refractivity contribution is 6.10. The highest BCUT2D eigenvalue weighted by Gasteiger charge is 2.37. The van der Waals surface area contributed by atoms with Gasteiger partial charge in [0.15, 0.2) is 0 Å².